The molecular formula is C20H29N3OS. The van der Waals surface area contributed by atoms with E-state index in [4.69, 9.17) is 0 Å². The molecule has 1 fully saturated rings. The number of amides is 1. The van der Waals surface area contributed by atoms with Crippen molar-refractivity contribution < 1.29 is 4.79 Å². The number of aryl methyl sites for hydroxylation is 1. The molecule has 0 radical (unpaired) electrons. The summed E-state index contributed by atoms with van der Waals surface area (Å²) < 4.78 is 1.23. The maximum absolute atomic E-state index is 12.1. The first kappa shape index (κ1) is 18.3. The predicted molar refractivity (Wildman–Crippen MR) is 105 cm³/mol. The third-order valence-electron chi connectivity index (χ3n) is 5.17. The number of hydrogen-bond donors (Lipinski definition) is 1. The molecule has 0 saturated carbocycles. The highest BCUT2D eigenvalue weighted by Gasteiger charge is 2.20. The van der Waals surface area contributed by atoms with Crippen LogP contribution < -0.4 is 5.32 Å². The summed E-state index contributed by atoms with van der Waals surface area (Å²) >= 11 is 1.74. The standard InChI is InChI=1S/C20H29N3OS/c1-15-10-12-23(13-11-15)16(2)14-21-19(24)8-5-9-20-22-17-6-3-4-7-18(17)25-20/h3-4,6-7,15-16H,5,8-14H2,1-2H3,(H,21,24). The number of thiazole rings is 1. The molecule has 2 aromatic rings. The van der Waals surface area contributed by atoms with E-state index in [0.29, 0.717) is 12.5 Å². The van der Waals surface area contributed by atoms with Crippen LogP contribution in [0, 0.1) is 5.92 Å². The Hall–Kier alpha value is -1.46. The fraction of sp³-hybridized carbons (Fsp3) is 0.600. The molecule has 3 rings (SSSR count). The minimum absolute atomic E-state index is 0.165. The van der Waals surface area contributed by atoms with Gasteiger partial charge in [0, 0.05) is 19.0 Å². The molecule has 0 aliphatic carbocycles. The van der Waals surface area contributed by atoms with E-state index < -0.39 is 0 Å². The molecule has 1 N–H and O–H groups in total. The SMILES string of the molecule is CC1CCN(C(C)CNC(=O)CCCc2nc3ccccc3s2)CC1. The van der Waals surface area contributed by atoms with Gasteiger partial charge < -0.3 is 5.32 Å². The zero-order valence-corrected chi connectivity index (χ0v) is 16.1. The number of piperidine rings is 1. The van der Waals surface area contributed by atoms with Gasteiger partial charge in [-0.25, -0.2) is 4.98 Å². The van der Waals surface area contributed by atoms with Gasteiger partial charge in [0.05, 0.1) is 15.2 Å². The van der Waals surface area contributed by atoms with Crippen molar-refractivity contribution in [1.82, 2.24) is 15.2 Å². The lowest BCUT2D eigenvalue weighted by atomic mass is 9.98. The van der Waals surface area contributed by atoms with Gasteiger partial charge in [0.1, 0.15) is 0 Å². The van der Waals surface area contributed by atoms with Crippen molar-refractivity contribution in [2.75, 3.05) is 19.6 Å². The molecule has 1 aromatic carbocycles. The number of carbonyl (C=O) groups is 1. The van der Waals surface area contributed by atoms with Crippen LogP contribution in [0.1, 0.15) is 44.5 Å². The summed E-state index contributed by atoms with van der Waals surface area (Å²) in [5.41, 5.74) is 1.07. The van der Waals surface area contributed by atoms with Crippen LogP contribution in [0.3, 0.4) is 0 Å². The molecule has 1 atom stereocenters. The van der Waals surface area contributed by atoms with Crippen LogP contribution >= 0.6 is 11.3 Å². The maximum Gasteiger partial charge on any atom is 0.220 e. The van der Waals surface area contributed by atoms with E-state index in [1.807, 2.05) is 18.2 Å². The zero-order valence-electron chi connectivity index (χ0n) is 15.3. The minimum Gasteiger partial charge on any atom is -0.355 e. The molecule has 136 valence electrons. The fourth-order valence-electron chi connectivity index (χ4n) is 3.38. The van der Waals surface area contributed by atoms with Gasteiger partial charge in [-0.05, 0) is 63.7 Å². The third-order valence-corrected chi connectivity index (χ3v) is 6.27. The van der Waals surface area contributed by atoms with Gasteiger partial charge in [0.15, 0.2) is 0 Å². The van der Waals surface area contributed by atoms with Crippen LogP contribution in [-0.4, -0.2) is 41.5 Å². The largest absolute Gasteiger partial charge is 0.355 e. The van der Waals surface area contributed by atoms with Gasteiger partial charge in [-0.3, -0.25) is 9.69 Å². The minimum atomic E-state index is 0.165. The number of para-hydroxylation sites is 1. The molecule has 1 aliphatic rings. The van der Waals surface area contributed by atoms with E-state index in [2.05, 4.69) is 35.1 Å². The molecule has 1 aliphatic heterocycles. The molecular weight excluding hydrogens is 330 g/mol. The van der Waals surface area contributed by atoms with Crippen LogP contribution in [-0.2, 0) is 11.2 Å². The normalized spacial score (nSPS) is 17.7. The van der Waals surface area contributed by atoms with Crippen molar-refractivity contribution in [2.24, 2.45) is 5.92 Å². The monoisotopic (exact) mass is 359 g/mol. The first-order valence-corrected chi connectivity index (χ1v) is 10.3. The van der Waals surface area contributed by atoms with E-state index in [1.54, 1.807) is 11.3 Å². The third kappa shape index (κ3) is 5.25. The number of nitrogens with one attached hydrogen (secondary N) is 1. The maximum atomic E-state index is 12.1. The quantitative estimate of drug-likeness (QED) is 0.816. The van der Waals surface area contributed by atoms with Crippen molar-refractivity contribution in [3.8, 4) is 0 Å². The Labute approximate surface area is 154 Å². The highest BCUT2D eigenvalue weighted by atomic mass is 32.1. The lowest BCUT2D eigenvalue weighted by molar-refractivity contribution is -0.121. The van der Waals surface area contributed by atoms with Gasteiger partial charge in [0.25, 0.3) is 0 Å². The van der Waals surface area contributed by atoms with Crippen molar-refractivity contribution in [3.63, 3.8) is 0 Å². The van der Waals surface area contributed by atoms with Crippen molar-refractivity contribution in [2.45, 2.75) is 52.0 Å². The van der Waals surface area contributed by atoms with E-state index in [0.717, 1.165) is 48.9 Å². The molecule has 5 heteroatoms. The molecule has 25 heavy (non-hydrogen) atoms. The molecule has 2 heterocycles. The highest BCUT2D eigenvalue weighted by molar-refractivity contribution is 7.18. The Morgan fingerprint density at radius 2 is 2.12 bits per heavy atom. The second kappa shape index (κ2) is 8.77. The van der Waals surface area contributed by atoms with E-state index in [9.17, 15) is 4.79 Å². The first-order valence-electron chi connectivity index (χ1n) is 9.47. The fourth-order valence-corrected chi connectivity index (χ4v) is 4.38. The molecule has 1 unspecified atom stereocenters. The van der Waals surface area contributed by atoms with Crippen LogP contribution in [0.25, 0.3) is 10.2 Å². The molecule has 0 spiro atoms. The Morgan fingerprint density at radius 1 is 1.36 bits per heavy atom. The predicted octanol–water partition coefficient (Wildman–Crippen LogP) is 3.86. The summed E-state index contributed by atoms with van der Waals surface area (Å²) in [4.78, 5) is 19.2. The van der Waals surface area contributed by atoms with Gasteiger partial charge in [-0.1, -0.05) is 19.1 Å². The van der Waals surface area contributed by atoms with Gasteiger partial charge >= 0.3 is 0 Å². The van der Waals surface area contributed by atoms with Gasteiger partial charge in [-0.2, -0.15) is 0 Å². The second-order valence-corrected chi connectivity index (χ2v) is 8.42. The molecule has 1 saturated heterocycles. The molecule has 0 bridgehead atoms. The van der Waals surface area contributed by atoms with Crippen LogP contribution in [0.5, 0.6) is 0 Å². The van der Waals surface area contributed by atoms with Crippen LogP contribution in [0.15, 0.2) is 24.3 Å². The lowest BCUT2D eigenvalue weighted by Crippen LogP contribution is -2.45. The Kier molecular flexibility index (Phi) is 6.43. The number of benzene rings is 1. The number of aromatic nitrogens is 1. The van der Waals surface area contributed by atoms with Crippen molar-refractivity contribution in [1.29, 1.82) is 0 Å². The number of hydrogen-bond acceptors (Lipinski definition) is 4. The molecule has 1 amide bonds. The summed E-state index contributed by atoms with van der Waals surface area (Å²) in [5, 5.41) is 4.24. The van der Waals surface area contributed by atoms with Crippen molar-refractivity contribution in [3.05, 3.63) is 29.3 Å². The van der Waals surface area contributed by atoms with E-state index in [1.165, 1.54) is 17.5 Å². The summed E-state index contributed by atoms with van der Waals surface area (Å²) in [7, 11) is 0. The average molecular weight is 360 g/mol. The highest BCUT2D eigenvalue weighted by Crippen LogP contribution is 2.22. The summed E-state index contributed by atoms with van der Waals surface area (Å²) in [6.45, 7) is 7.63. The van der Waals surface area contributed by atoms with E-state index >= 15 is 0 Å². The summed E-state index contributed by atoms with van der Waals surface area (Å²) in [6, 6.07) is 8.64. The number of likely N-dealkylation sites (tertiary alicyclic amines) is 1. The average Bonchev–Trinajstić information content (AvgIpc) is 3.03. The Bertz CT molecular complexity index is 658. The van der Waals surface area contributed by atoms with Crippen molar-refractivity contribution >= 4 is 27.5 Å². The smallest absolute Gasteiger partial charge is 0.220 e. The number of nitrogens with zero attached hydrogens (tertiary/aromatic N) is 2. The van der Waals surface area contributed by atoms with Crippen LogP contribution in [0.2, 0.25) is 0 Å². The second-order valence-electron chi connectivity index (χ2n) is 7.30. The summed E-state index contributed by atoms with van der Waals surface area (Å²) in [5.74, 6) is 1.01. The number of rotatable bonds is 7. The number of carbonyl (C=O) groups excluding carboxylic acids is 1. The van der Waals surface area contributed by atoms with Gasteiger partial charge in [-0.15, -0.1) is 11.3 Å². The lowest BCUT2D eigenvalue weighted by Gasteiger charge is -2.35. The first-order chi connectivity index (χ1) is 12.1. The zero-order chi connectivity index (χ0) is 17.6. The summed E-state index contributed by atoms with van der Waals surface area (Å²) in [6.07, 6.45) is 4.88. The Balaban J connectivity index is 1.35. The molecule has 4 nitrogen and oxygen atoms in total. The number of fused-ring (bicyclic) bond motifs is 1. The van der Waals surface area contributed by atoms with Crippen LogP contribution in [0.4, 0.5) is 0 Å². The Morgan fingerprint density at radius 3 is 2.88 bits per heavy atom. The van der Waals surface area contributed by atoms with E-state index in [-0.39, 0.29) is 5.91 Å². The van der Waals surface area contributed by atoms with Gasteiger partial charge in [0.2, 0.25) is 5.91 Å². The topological polar surface area (TPSA) is 45.2 Å². The molecule has 1 aromatic heterocycles.